The smallest absolute Gasteiger partial charge is 0.171 e. The Balaban J connectivity index is 2.16. The Kier molecular flexibility index (Phi) is 4.42. The van der Waals surface area contributed by atoms with Gasteiger partial charge in [0.25, 0.3) is 0 Å². The van der Waals surface area contributed by atoms with Crippen LogP contribution >= 0.6 is 0 Å². The summed E-state index contributed by atoms with van der Waals surface area (Å²) in [5, 5.41) is 3.35. The van der Waals surface area contributed by atoms with Crippen molar-refractivity contribution in [2.45, 2.75) is 38.8 Å². The van der Waals surface area contributed by atoms with Crippen LogP contribution in [0.4, 0.5) is 5.82 Å². The average Bonchev–Trinajstić information content (AvgIpc) is 2.39. The van der Waals surface area contributed by atoms with Crippen LogP contribution in [0.25, 0.3) is 0 Å². The molecule has 4 heteroatoms. The molecule has 18 heavy (non-hydrogen) atoms. The first-order valence-electron chi connectivity index (χ1n) is 6.74. The van der Waals surface area contributed by atoms with Crippen LogP contribution in [0.3, 0.4) is 0 Å². The molecule has 2 rings (SSSR count). The highest BCUT2D eigenvalue weighted by atomic mass is 16.5. The molecular formula is C14H23N3O. The number of nitrogens with one attached hydrogen (secondary N) is 1. The second kappa shape index (κ2) is 6.05. The molecule has 4 nitrogen and oxygen atoms in total. The van der Waals surface area contributed by atoms with Crippen molar-refractivity contribution in [2.75, 3.05) is 25.0 Å². The largest absolute Gasteiger partial charge is 0.487 e. The highest BCUT2D eigenvalue weighted by Crippen LogP contribution is 2.28. The SMILES string of the molecule is CNC1CCCN(c2ncccc2OC(C)C)C1. The van der Waals surface area contributed by atoms with Gasteiger partial charge in [-0.25, -0.2) is 4.98 Å². The van der Waals surface area contributed by atoms with Gasteiger partial charge in [0.05, 0.1) is 6.10 Å². The number of pyridine rings is 1. The highest BCUT2D eigenvalue weighted by Gasteiger charge is 2.22. The zero-order chi connectivity index (χ0) is 13.0. The van der Waals surface area contributed by atoms with E-state index in [0.717, 1.165) is 24.7 Å². The monoisotopic (exact) mass is 249 g/mol. The van der Waals surface area contributed by atoms with Crippen LogP contribution in [0.5, 0.6) is 5.75 Å². The molecule has 1 aromatic heterocycles. The molecule has 1 aromatic rings. The van der Waals surface area contributed by atoms with Crippen molar-refractivity contribution < 1.29 is 4.74 Å². The maximum absolute atomic E-state index is 5.84. The van der Waals surface area contributed by atoms with Crippen LogP contribution in [0.1, 0.15) is 26.7 Å². The Morgan fingerprint density at radius 2 is 2.33 bits per heavy atom. The molecule has 1 unspecified atom stereocenters. The van der Waals surface area contributed by atoms with E-state index in [2.05, 4.69) is 15.2 Å². The summed E-state index contributed by atoms with van der Waals surface area (Å²) in [6.07, 6.45) is 4.45. The van der Waals surface area contributed by atoms with Gasteiger partial charge >= 0.3 is 0 Å². The van der Waals surface area contributed by atoms with Crippen LogP contribution in [0, 0.1) is 0 Å². The van der Waals surface area contributed by atoms with E-state index in [9.17, 15) is 0 Å². The molecule has 1 fully saturated rings. The van der Waals surface area contributed by atoms with Crippen LogP contribution in [0.2, 0.25) is 0 Å². The lowest BCUT2D eigenvalue weighted by atomic mass is 10.1. The standard InChI is InChI=1S/C14H23N3O/c1-11(2)18-13-7-4-8-16-14(13)17-9-5-6-12(10-17)15-3/h4,7-8,11-12,15H,5-6,9-10H2,1-3H3. The van der Waals surface area contributed by atoms with Crippen LogP contribution in [0.15, 0.2) is 18.3 Å². The fourth-order valence-corrected chi connectivity index (χ4v) is 2.37. The van der Waals surface area contributed by atoms with E-state index in [1.54, 1.807) is 0 Å². The van der Waals surface area contributed by atoms with Gasteiger partial charge in [0.15, 0.2) is 11.6 Å². The lowest BCUT2D eigenvalue weighted by molar-refractivity contribution is 0.241. The Bertz CT molecular complexity index is 381. The zero-order valence-electron chi connectivity index (χ0n) is 11.5. The van der Waals surface area contributed by atoms with Crippen LogP contribution in [-0.4, -0.2) is 37.3 Å². The fraction of sp³-hybridized carbons (Fsp3) is 0.643. The summed E-state index contributed by atoms with van der Waals surface area (Å²) in [5.74, 6) is 1.87. The average molecular weight is 249 g/mol. The number of nitrogens with zero attached hydrogens (tertiary/aromatic N) is 2. The van der Waals surface area contributed by atoms with Crippen LogP contribution in [-0.2, 0) is 0 Å². The number of likely N-dealkylation sites (N-methyl/N-ethyl adjacent to an activating group) is 1. The third-order valence-corrected chi connectivity index (χ3v) is 3.24. The summed E-state index contributed by atoms with van der Waals surface area (Å²) in [6, 6.07) is 4.49. The quantitative estimate of drug-likeness (QED) is 0.886. The van der Waals surface area contributed by atoms with Crippen molar-refractivity contribution in [3.63, 3.8) is 0 Å². The number of hydrogen-bond acceptors (Lipinski definition) is 4. The summed E-state index contributed by atoms with van der Waals surface area (Å²) in [4.78, 5) is 6.82. The number of hydrogen-bond donors (Lipinski definition) is 1. The molecule has 2 heterocycles. The van der Waals surface area contributed by atoms with Crippen molar-refractivity contribution in [1.82, 2.24) is 10.3 Å². The fourth-order valence-electron chi connectivity index (χ4n) is 2.37. The van der Waals surface area contributed by atoms with E-state index in [1.807, 2.05) is 39.2 Å². The Hall–Kier alpha value is -1.29. The molecule has 0 bridgehead atoms. The van der Waals surface area contributed by atoms with Gasteiger partial charge in [0, 0.05) is 25.3 Å². The Labute approximate surface area is 109 Å². The molecule has 0 amide bonds. The van der Waals surface area contributed by atoms with Gasteiger partial charge in [-0.05, 0) is 45.9 Å². The van der Waals surface area contributed by atoms with E-state index in [1.165, 1.54) is 12.8 Å². The second-order valence-corrected chi connectivity index (χ2v) is 5.07. The molecule has 0 aliphatic carbocycles. The summed E-state index contributed by atoms with van der Waals surface area (Å²) >= 11 is 0. The summed E-state index contributed by atoms with van der Waals surface area (Å²) in [5.41, 5.74) is 0. The van der Waals surface area contributed by atoms with Crippen molar-refractivity contribution in [3.8, 4) is 5.75 Å². The predicted octanol–water partition coefficient (Wildman–Crippen LogP) is 2.06. The van der Waals surface area contributed by atoms with E-state index in [4.69, 9.17) is 4.74 Å². The molecule has 1 atom stereocenters. The number of piperidine rings is 1. The van der Waals surface area contributed by atoms with Gasteiger partial charge in [-0.3, -0.25) is 0 Å². The van der Waals surface area contributed by atoms with Gasteiger partial charge in [-0.1, -0.05) is 0 Å². The Morgan fingerprint density at radius 1 is 1.50 bits per heavy atom. The summed E-state index contributed by atoms with van der Waals surface area (Å²) < 4.78 is 5.84. The van der Waals surface area contributed by atoms with Gasteiger partial charge in [0.1, 0.15) is 0 Å². The lowest BCUT2D eigenvalue weighted by Crippen LogP contribution is -2.44. The first kappa shape index (κ1) is 13.1. The molecule has 1 aliphatic rings. The Morgan fingerprint density at radius 3 is 3.06 bits per heavy atom. The summed E-state index contributed by atoms with van der Waals surface area (Å²) in [6.45, 7) is 6.15. The highest BCUT2D eigenvalue weighted by molar-refractivity contribution is 5.52. The first-order chi connectivity index (χ1) is 8.70. The molecule has 0 aromatic carbocycles. The normalized spacial score (nSPS) is 20.2. The van der Waals surface area contributed by atoms with Gasteiger partial charge in [0.2, 0.25) is 0 Å². The van der Waals surface area contributed by atoms with Crippen LogP contribution < -0.4 is 15.0 Å². The molecular weight excluding hydrogens is 226 g/mol. The molecule has 1 aliphatic heterocycles. The first-order valence-corrected chi connectivity index (χ1v) is 6.74. The molecule has 0 saturated carbocycles. The number of aromatic nitrogens is 1. The van der Waals surface area contributed by atoms with E-state index >= 15 is 0 Å². The topological polar surface area (TPSA) is 37.4 Å². The zero-order valence-corrected chi connectivity index (χ0v) is 11.5. The van der Waals surface area contributed by atoms with Crippen molar-refractivity contribution in [3.05, 3.63) is 18.3 Å². The van der Waals surface area contributed by atoms with E-state index in [0.29, 0.717) is 6.04 Å². The van der Waals surface area contributed by atoms with Crippen molar-refractivity contribution in [2.24, 2.45) is 0 Å². The summed E-state index contributed by atoms with van der Waals surface area (Å²) in [7, 11) is 2.03. The third-order valence-electron chi connectivity index (χ3n) is 3.24. The minimum atomic E-state index is 0.179. The van der Waals surface area contributed by atoms with Gasteiger partial charge in [-0.2, -0.15) is 0 Å². The molecule has 0 radical (unpaired) electrons. The molecule has 1 saturated heterocycles. The molecule has 1 N–H and O–H groups in total. The van der Waals surface area contributed by atoms with E-state index in [-0.39, 0.29) is 6.10 Å². The number of anilines is 1. The maximum atomic E-state index is 5.84. The minimum Gasteiger partial charge on any atom is -0.487 e. The second-order valence-electron chi connectivity index (χ2n) is 5.07. The van der Waals surface area contributed by atoms with E-state index < -0.39 is 0 Å². The molecule has 0 spiro atoms. The molecule has 100 valence electrons. The third kappa shape index (κ3) is 3.13. The van der Waals surface area contributed by atoms with Gasteiger partial charge in [-0.15, -0.1) is 0 Å². The number of rotatable bonds is 4. The van der Waals surface area contributed by atoms with Crippen molar-refractivity contribution in [1.29, 1.82) is 0 Å². The lowest BCUT2D eigenvalue weighted by Gasteiger charge is -2.34. The number of ether oxygens (including phenoxy) is 1. The minimum absolute atomic E-state index is 0.179. The predicted molar refractivity (Wildman–Crippen MR) is 74.3 cm³/mol. The maximum Gasteiger partial charge on any atom is 0.171 e. The van der Waals surface area contributed by atoms with Crippen molar-refractivity contribution >= 4 is 5.82 Å². The van der Waals surface area contributed by atoms with Gasteiger partial charge < -0.3 is 15.0 Å².